The van der Waals surface area contributed by atoms with Gasteiger partial charge in [0.05, 0.1) is 12.0 Å². The summed E-state index contributed by atoms with van der Waals surface area (Å²) >= 11 is 0. The predicted octanol–water partition coefficient (Wildman–Crippen LogP) is 5.32. The van der Waals surface area contributed by atoms with Crippen LogP contribution in [0.4, 0.5) is 5.69 Å². The van der Waals surface area contributed by atoms with Gasteiger partial charge in [-0.05, 0) is 67.3 Å². The van der Waals surface area contributed by atoms with E-state index >= 15 is 0 Å². The Morgan fingerprint density at radius 3 is 2.52 bits per heavy atom. The molecule has 33 heavy (non-hydrogen) atoms. The first kappa shape index (κ1) is 21.8. The van der Waals surface area contributed by atoms with Crippen LogP contribution < -0.4 is 15.5 Å². The monoisotopic (exact) mass is 438 g/mol. The van der Waals surface area contributed by atoms with Gasteiger partial charge in [0.2, 0.25) is 5.76 Å². The molecular formula is C27H22N2O4. The van der Waals surface area contributed by atoms with Gasteiger partial charge in [-0.25, -0.2) is 0 Å². The summed E-state index contributed by atoms with van der Waals surface area (Å²) in [6.45, 7) is 0.617. The number of nitriles is 1. The summed E-state index contributed by atoms with van der Waals surface area (Å²) in [6.07, 6.45) is 3.02. The summed E-state index contributed by atoms with van der Waals surface area (Å²) in [5, 5.41) is 12.0. The average molecular weight is 438 g/mol. The van der Waals surface area contributed by atoms with E-state index in [1.165, 1.54) is 11.6 Å². The molecule has 4 aromatic rings. The van der Waals surface area contributed by atoms with E-state index in [9.17, 15) is 9.59 Å². The Balaban J connectivity index is 1.30. The number of nitrogens with one attached hydrogen (secondary N) is 1. The molecule has 4 rings (SSSR count). The van der Waals surface area contributed by atoms with Crippen LogP contribution in [-0.2, 0) is 6.42 Å². The van der Waals surface area contributed by atoms with Crippen LogP contribution in [0.15, 0.2) is 88.1 Å². The molecule has 0 aliphatic heterocycles. The fourth-order valence-corrected chi connectivity index (χ4v) is 3.46. The fourth-order valence-electron chi connectivity index (χ4n) is 3.46. The minimum absolute atomic E-state index is 0.0530. The van der Waals surface area contributed by atoms with E-state index in [0.717, 1.165) is 25.3 Å². The van der Waals surface area contributed by atoms with Crippen molar-refractivity contribution in [2.24, 2.45) is 0 Å². The minimum atomic E-state index is -0.339. The van der Waals surface area contributed by atoms with Gasteiger partial charge in [-0.1, -0.05) is 30.3 Å². The number of carbonyl (C=O) groups excluding carboxylic acids is 1. The predicted molar refractivity (Wildman–Crippen MR) is 126 cm³/mol. The number of benzene rings is 3. The van der Waals surface area contributed by atoms with Crippen LogP contribution in [0.3, 0.4) is 0 Å². The number of amides is 1. The van der Waals surface area contributed by atoms with Crippen LogP contribution in [0.1, 0.15) is 34.5 Å². The van der Waals surface area contributed by atoms with Crippen LogP contribution in [0, 0.1) is 11.3 Å². The summed E-state index contributed by atoms with van der Waals surface area (Å²) in [6, 6.07) is 25.0. The molecule has 0 saturated heterocycles. The lowest BCUT2D eigenvalue weighted by molar-refractivity contribution is 0.102. The molecule has 0 unspecified atom stereocenters. The smallest absolute Gasteiger partial charge is 0.255 e. The molecule has 0 spiro atoms. The van der Waals surface area contributed by atoms with Gasteiger partial charge in [0, 0.05) is 17.3 Å². The number of aryl methyl sites for hydroxylation is 1. The van der Waals surface area contributed by atoms with Crippen molar-refractivity contribution < 1.29 is 13.9 Å². The lowest BCUT2D eigenvalue weighted by Crippen LogP contribution is -2.12. The van der Waals surface area contributed by atoms with E-state index in [1.807, 2.05) is 24.3 Å². The van der Waals surface area contributed by atoms with Crippen molar-refractivity contribution in [3.05, 3.63) is 106 Å². The zero-order valence-corrected chi connectivity index (χ0v) is 17.9. The highest BCUT2D eigenvalue weighted by atomic mass is 16.5. The summed E-state index contributed by atoms with van der Waals surface area (Å²) in [4.78, 5) is 24.7. The first-order valence-electron chi connectivity index (χ1n) is 10.7. The molecule has 1 aromatic heterocycles. The lowest BCUT2D eigenvalue weighted by Gasteiger charge is -2.09. The first-order valence-corrected chi connectivity index (χ1v) is 10.7. The van der Waals surface area contributed by atoms with Crippen molar-refractivity contribution in [2.75, 3.05) is 11.9 Å². The zero-order valence-electron chi connectivity index (χ0n) is 17.9. The second-order valence-electron chi connectivity index (χ2n) is 7.57. The molecule has 0 radical (unpaired) electrons. The van der Waals surface area contributed by atoms with Crippen molar-refractivity contribution in [3.8, 4) is 11.8 Å². The molecule has 1 N–H and O–H groups in total. The highest BCUT2D eigenvalue weighted by molar-refractivity contribution is 6.05. The maximum absolute atomic E-state index is 12.6. The van der Waals surface area contributed by atoms with E-state index in [4.69, 9.17) is 14.4 Å². The van der Waals surface area contributed by atoms with Gasteiger partial charge in [-0.2, -0.15) is 5.26 Å². The van der Waals surface area contributed by atoms with E-state index in [0.29, 0.717) is 34.6 Å². The van der Waals surface area contributed by atoms with Gasteiger partial charge in [-0.15, -0.1) is 0 Å². The third-order valence-corrected chi connectivity index (χ3v) is 5.18. The molecule has 3 aromatic carbocycles. The van der Waals surface area contributed by atoms with E-state index in [2.05, 4.69) is 17.4 Å². The Morgan fingerprint density at radius 2 is 1.76 bits per heavy atom. The molecule has 6 heteroatoms. The quantitative estimate of drug-likeness (QED) is 0.376. The Morgan fingerprint density at radius 1 is 0.970 bits per heavy atom. The lowest BCUT2D eigenvalue weighted by atomic mass is 10.1. The van der Waals surface area contributed by atoms with Crippen LogP contribution in [0.5, 0.6) is 5.75 Å². The van der Waals surface area contributed by atoms with Crippen molar-refractivity contribution in [2.45, 2.75) is 19.3 Å². The summed E-state index contributed by atoms with van der Waals surface area (Å²) in [7, 11) is 0. The molecule has 164 valence electrons. The van der Waals surface area contributed by atoms with Gasteiger partial charge >= 0.3 is 0 Å². The SMILES string of the molecule is N#Cc1cc(=O)c2cc(NC(=O)c3ccc(OCCCCc4ccccc4)cc3)ccc2o1. The van der Waals surface area contributed by atoms with E-state index in [1.54, 1.807) is 36.4 Å². The Bertz CT molecular complexity index is 1350. The van der Waals surface area contributed by atoms with Gasteiger partial charge in [-0.3, -0.25) is 9.59 Å². The molecule has 1 amide bonds. The van der Waals surface area contributed by atoms with Gasteiger partial charge in [0.15, 0.2) is 5.43 Å². The number of rotatable bonds is 8. The number of ether oxygens (including phenoxy) is 1. The first-order chi connectivity index (χ1) is 16.1. The van der Waals surface area contributed by atoms with Crippen molar-refractivity contribution >= 4 is 22.6 Å². The Hall–Kier alpha value is -4.37. The molecule has 0 aliphatic carbocycles. The number of nitrogens with zero attached hydrogens (tertiary/aromatic N) is 1. The van der Waals surface area contributed by atoms with E-state index < -0.39 is 0 Å². The number of unbranched alkanes of at least 4 members (excludes halogenated alkanes) is 1. The summed E-state index contributed by atoms with van der Waals surface area (Å²) in [5.74, 6) is 0.354. The highest BCUT2D eigenvalue weighted by Gasteiger charge is 2.10. The maximum atomic E-state index is 12.6. The van der Waals surface area contributed by atoms with Gasteiger partial charge in [0.1, 0.15) is 17.4 Å². The van der Waals surface area contributed by atoms with Crippen LogP contribution >= 0.6 is 0 Å². The molecule has 0 aliphatic rings. The number of hydrogen-bond donors (Lipinski definition) is 1. The Labute approximate surface area is 191 Å². The average Bonchev–Trinajstić information content (AvgIpc) is 2.85. The molecule has 0 fully saturated rings. The van der Waals surface area contributed by atoms with Crippen molar-refractivity contribution in [3.63, 3.8) is 0 Å². The highest BCUT2D eigenvalue weighted by Crippen LogP contribution is 2.19. The molecule has 6 nitrogen and oxygen atoms in total. The van der Waals surface area contributed by atoms with Crippen molar-refractivity contribution in [1.29, 1.82) is 5.26 Å². The molecule has 0 bridgehead atoms. The summed E-state index contributed by atoms with van der Waals surface area (Å²) in [5.41, 5.74) is 2.21. The number of anilines is 1. The van der Waals surface area contributed by atoms with Crippen LogP contribution in [0.25, 0.3) is 11.0 Å². The molecule has 1 heterocycles. The second kappa shape index (κ2) is 10.3. The Kier molecular flexibility index (Phi) is 6.81. The van der Waals surface area contributed by atoms with E-state index in [-0.39, 0.29) is 17.1 Å². The van der Waals surface area contributed by atoms with Gasteiger partial charge < -0.3 is 14.5 Å². The number of fused-ring (bicyclic) bond motifs is 1. The maximum Gasteiger partial charge on any atom is 0.255 e. The van der Waals surface area contributed by atoms with Gasteiger partial charge in [0.25, 0.3) is 5.91 Å². The molecular weight excluding hydrogens is 416 g/mol. The van der Waals surface area contributed by atoms with Crippen molar-refractivity contribution in [1.82, 2.24) is 0 Å². The largest absolute Gasteiger partial charge is 0.494 e. The topological polar surface area (TPSA) is 92.3 Å². The second-order valence-corrected chi connectivity index (χ2v) is 7.57. The third kappa shape index (κ3) is 5.66. The third-order valence-electron chi connectivity index (χ3n) is 5.18. The number of hydrogen-bond acceptors (Lipinski definition) is 5. The van der Waals surface area contributed by atoms with Crippen LogP contribution in [0.2, 0.25) is 0 Å². The standard InChI is InChI=1S/C27H22N2O4/c28-18-23-17-25(30)24-16-21(11-14-26(24)33-23)29-27(31)20-9-12-22(13-10-20)32-15-5-4-8-19-6-2-1-3-7-19/h1-3,6-7,9-14,16-17H,4-5,8,15H2,(H,29,31). The zero-order chi connectivity index (χ0) is 23.0. The number of carbonyl (C=O) groups is 1. The normalized spacial score (nSPS) is 10.5. The van der Waals surface area contributed by atoms with Crippen LogP contribution in [-0.4, -0.2) is 12.5 Å². The minimum Gasteiger partial charge on any atom is -0.494 e. The fraction of sp³-hybridized carbons (Fsp3) is 0.148. The molecule has 0 saturated carbocycles. The summed E-state index contributed by atoms with van der Waals surface area (Å²) < 4.78 is 11.1. The molecule has 0 atom stereocenters.